The molecule has 0 saturated heterocycles. The summed E-state index contributed by atoms with van der Waals surface area (Å²) in [5.41, 5.74) is 38.4. The third kappa shape index (κ3) is 11.3. The summed E-state index contributed by atoms with van der Waals surface area (Å²) in [6.45, 7) is 4.17. The average molecular weight is 930 g/mol. The number of nitrogens with one attached hydrogen (secondary N) is 4. The molecule has 6 aliphatic carbocycles. The molecule has 6 aliphatic rings. The normalized spacial score (nSPS) is 16.4. The second-order valence-electron chi connectivity index (χ2n) is 16.3. The lowest BCUT2D eigenvalue weighted by atomic mass is 9.99. The molecule has 0 aliphatic heterocycles. The minimum Gasteiger partial charge on any atom is -0.378 e. The lowest BCUT2D eigenvalue weighted by Crippen LogP contribution is -2.38. The molecule has 0 atom stereocenters. The van der Waals surface area contributed by atoms with E-state index in [0.29, 0.717) is 15.4 Å². The molecule has 0 radical (unpaired) electrons. The number of thiocarbonyl (C=S) groups is 4. The first-order valence-corrected chi connectivity index (χ1v) is 25.6. The van der Waals surface area contributed by atoms with Crippen molar-refractivity contribution in [1.29, 1.82) is 0 Å². The van der Waals surface area contributed by atoms with Gasteiger partial charge in [0.05, 0.1) is 0 Å². The number of nitrogens with two attached hydrogens (primary N) is 3. The Hall–Kier alpha value is -3.34. The highest BCUT2D eigenvalue weighted by molar-refractivity contribution is 8.14. The third-order valence-corrected chi connectivity index (χ3v) is 14.4. The molecule has 0 aromatic heterocycles. The van der Waals surface area contributed by atoms with E-state index < -0.39 is 0 Å². The van der Waals surface area contributed by atoms with E-state index in [4.69, 9.17) is 66.1 Å². The Morgan fingerprint density at radius 2 is 0.869 bits per heavy atom. The molecule has 3 aromatic rings. The number of nitrogens with zero attached hydrogens (tertiary/aromatic N) is 2. The van der Waals surface area contributed by atoms with E-state index in [9.17, 15) is 0 Å². The van der Waals surface area contributed by atoms with Gasteiger partial charge in [-0.3, -0.25) is 0 Å². The van der Waals surface area contributed by atoms with Crippen molar-refractivity contribution in [3.63, 3.8) is 0 Å². The highest BCUT2D eigenvalue weighted by atomic mass is 32.2. The van der Waals surface area contributed by atoms with Crippen LogP contribution in [0.3, 0.4) is 0 Å². The number of fused-ring (bicyclic) bond motifs is 6. The molecule has 0 heterocycles. The fourth-order valence-electron chi connectivity index (χ4n) is 10.0. The summed E-state index contributed by atoms with van der Waals surface area (Å²) >= 11 is 23.6. The summed E-state index contributed by atoms with van der Waals surface area (Å²) in [5, 5.41) is 15.8. The van der Waals surface area contributed by atoms with E-state index in [2.05, 4.69) is 63.3 Å². The van der Waals surface area contributed by atoms with Crippen molar-refractivity contribution in [3.05, 3.63) is 85.0 Å². The van der Waals surface area contributed by atoms with Gasteiger partial charge < -0.3 is 38.5 Å². The molecule has 324 valence electrons. The Balaban J connectivity index is 0.000000138. The second kappa shape index (κ2) is 21.4. The van der Waals surface area contributed by atoms with E-state index in [0.717, 1.165) is 42.4 Å². The highest BCUT2D eigenvalue weighted by Crippen LogP contribution is 2.41. The quantitative estimate of drug-likeness (QED) is 0.0742. The van der Waals surface area contributed by atoms with Crippen LogP contribution in [0.1, 0.15) is 119 Å². The van der Waals surface area contributed by atoms with Gasteiger partial charge in [-0.05, 0) is 243 Å². The first-order chi connectivity index (χ1) is 29.5. The maximum atomic E-state index is 5.85. The van der Waals surface area contributed by atoms with Crippen LogP contribution in [-0.4, -0.2) is 42.3 Å². The van der Waals surface area contributed by atoms with Crippen LogP contribution in [0.5, 0.6) is 0 Å². The van der Waals surface area contributed by atoms with Gasteiger partial charge in [-0.25, -0.2) is 0 Å². The zero-order valence-electron chi connectivity index (χ0n) is 35.5. The molecule has 0 spiro atoms. The molecule has 0 unspecified atom stereocenters. The monoisotopic (exact) mass is 929 g/mol. The zero-order chi connectivity index (χ0) is 43.0. The standard InChI is InChI=1S/2C16H21N3S2.C14H17N3S2/c1-2-21-15(17)19-16(20)18-14-12-7-3-5-10(12)9-11-6-4-8-13(11)14;1-2-21-16(19-15(17)20)18-14-12-7-3-5-10(12)9-11-6-4-8-13(11)14;15-13(18)17-14(19)16-12-10-5-1-3-8(10)7-9-4-2-6-11(9)12/h2*9H,2-8H2,1H3,(H3,17,18,19,20);7H,1-6H2,(H4,15,16,17,18,19). The lowest BCUT2D eigenvalue weighted by Gasteiger charge is -2.17. The van der Waals surface area contributed by atoms with Gasteiger partial charge in [-0.2, -0.15) is 9.98 Å². The summed E-state index contributed by atoms with van der Waals surface area (Å²) in [6, 6.07) is 7.26. The van der Waals surface area contributed by atoms with Crippen LogP contribution in [0.15, 0.2) is 28.2 Å². The number of hydrogen-bond acceptors (Lipinski definition) is 6. The number of aryl methyl sites for hydroxylation is 6. The first-order valence-electron chi connectivity index (χ1n) is 22.0. The molecule has 9 rings (SSSR count). The van der Waals surface area contributed by atoms with Crippen LogP contribution in [0.4, 0.5) is 17.1 Å². The topological polar surface area (TPSA) is 151 Å². The fourth-order valence-corrected chi connectivity index (χ4v) is 11.9. The smallest absolute Gasteiger partial charge is 0.199 e. The molecule has 0 bridgehead atoms. The maximum absolute atomic E-state index is 5.85. The van der Waals surface area contributed by atoms with Crippen LogP contribution in [0.2, 0.25) is 0 Å². The van der Waals surface area contributed by atoms with Crippen molar-refractivity contribution in [2.45, 2.75) is 129 Å². The summed E-state index contributed by atoms with van der Waals surface area (Å²) in [4.78, 5) is 8.58. The predicted molar refractivity (Wildman–Crippen MR) is 280 cm³/mol. The van der Waals surface area contributed by atoms with Crippen LogP contribution in [0, 0.1) is 0 Å². The maximum Gasteiger partial charge on any atom is 0.199 e. The number of rotatable bonds is 5. The van der Waals surface area contributed by atoms with Gasteiger partial charge in [0.1, 0.15) is 0 Å². The molecule has 10 N–H and O–H groups in total. The summed E-state index contributed by atoms with van der Waals surface area (Å²) in [6.07, 6.45) is 21.6. The Bertz CT molecular complexity index is 2190. The fraction of sp³-hybridized carbons (Fsp3) is 0.478. The summed E-state index contributed by atoms with van der Waals surface area (Å²) in [7, 11) is 0. The van der Waals surface area contributed by atoms with E-state index in [-0.39, 0.29) is 10.2 Å². The Kier molecular flexibility index (Phi) is 16.0. The molecule has 0 fully saturated rings. The van der Waals surface area contributed by atoms with Gasteiger partial charge in [0, 0.05) is 17.1 Å². The lowest BCUT2D eigenvalue weighted by molar-refractivity contribution is 0.898. The SMILES string of the molecule is CCSC(=NC(N)=S)Nc1c2c(cc3c1CCC3)CCC2.CCSC(N)=NC(=S)Nc1c2c(cc3c1CCC3)CCC2.NC(=S)NC(=S)Nc1c2c(cc3c1CCC3)CCC2. The van der Waals surface area contributed by atoms with Crippen LogP contribution < -0.4 is 38.5 Å². The Morgan fingerprint density at radius 3 is 1.21 bits per heavy atom. The number of benzene rings is 3. The first kappa shape index (κ1) is 45.7. The number of hydrogen-bond donors (Lipinski definition) is 7. The number of anilines is 3. The van der Waals surface area contributed by atoms with Crippen LogP contribution in [0.25, 0.3) is 0 Å². The van der Waals surface area contributed by atoms with Crippen molar-refractivity contribution in [3.8, 4) is 0 Å². The molecule has 3 aromatic carbocycles. The molecular weight excluding hydrogens is 871 g/mol. The van der Waals surface area contributed by atoms with E-state index in [1.54, 1.807) is 11.8 Å². The van der Waals surface area contributed by atoms with Crippen molar-refractivity contribution in [2.24, 2.45) is 27.2 Å². The molecule has 0 amide bonds. The Morgan fingerprint density at radius 1 is 0.508 bits per heavy atom. The van der Waals surface area contributed by atoms with Crippen molar-refractivity contribution in [2.75, 3.05) is 27.5 Å². The van der Waals surface area contributed by atoms with Gasteiger partial charge >= 0.3 is 0 Å². The minimum absolute atomic E-state index is 0.197. The van der Waals surface area contributed by atoms with Crippen molar-refractivity contribution >= 4 is 120 Å². The molecule has 61 heavy (non-hydrogen) atoms. The molecule has 15 heteroatoms. The summed E-state index contributed by atoms with van der Waals surface area (Å²) < 4.78 is 0. The van der Waals surface area contributed by atoms with Gasteiger partial charge in [-0.15, -0.1) is 0 Å². The van der Waals surface area contributed by atoms with Gasteiger partial charge in [-0.1, -0.05) is 55.6 Å². The van der Waals surface area contributed by atoms with Gasteiger partial charge in [0.25, 0.3) is 0 Å². The van der Waals surface area contributed by atoms with E-state index in [1.165, 1.54) is 185 Å². The number of amidine groups is 2. The minimum atomic E-state index is 0.197. The van der Waals surface area contributed by atoms with Crippen LogP contribution >= 0.6 is 72.4 Å². The zero-order valence-corrected chi connectivity index (χ0v) is 40.3. The third-order valence-electron chi connectivity index (χ3n) is 12.4. The van der Waals surface area contributed by atoms with E-state index >= 15 is 0 Å². The number of aliphatic imine (C=N–C) groups is 2. The highest BCUT2D eigenvalue weighted by Gasteiger charge is 2.27. The Labute approximate surface area is 391 Å². The largest absolute Gasteiger partial charge is 0.378 e. The van der Waals surface area contributed by atoms with Crippen molar-refractivity contribution in [1.82, 2.24) is 5.32 Å². The molecule has 0 saturated carbocycles. The predicted octanol–water partition coefficient (Wildman–Crippen LogP) is 9.05. The number of thioether (sulfide) groups is 2. The molecular formula is C46H59N9S6. The second-order valence-corrected chi connectivity index (χ2v) is 20.5. The van der Waals surface area contributed by atoms with Gasteiger partial charge in [0.15, 0.2) is 30.8 Å². The average Bonchev–Trinajstić information content (AvgIpc) is 4.06. The van der Waals surface area contributed by atoms with Gasteiger partial charge in [0.2, 0.25) is 0 Å². The van der Waals surface area contributed by atoms with Crippen LogP contribution in [-0.2, 0) is 77.0 Å². The summed E-state index contributed by atoms with van der Waals surface area (Å²) in [5.74, 6) is 1.86. The molecule has 9 nitrogen and oxygen atoms in total. The van der Waals surface area contributed by atoms with E-state index in [1.807, 2.05) is 0 Å². The van der Waals surface area contributed by atoms with Crippen molar-refractivity contribution < 1.29 is 0 Å².